The minimum atomic E-state index is -0.582. The lowest BCUT2D eigenvalue weighted by Crippen LogP contribution is -2.03. The molecule has 112 valence electrons. The first-order chi connectivity index (χ1) is 10.0. The first-order valence-electron chi connectivity index (χ1n) is 6.75. The summed E-state index contributed by atoms with van der Waals surface area (Å²) in [4.78, 5) is 0. The Morgan fingerprint density at radius 1 is 1.14 bits per heavy atom. The maximum absolute atomic E-state index is 9.81. The molecule has 0 spiro atoms. The Kier molecular flexibility index (Phi) is 5.10. The Morgan fingerprint density at radius 3 is 2.57 bits per heavy atom. The molecule has 2 aromatic rings. The summed E-state index contributed by atoms with van der Waals surface area (Å²) in [6.45, 7) is 4.03. The number of rotatable bonds is 5. The van der Waals surface area contributed by atoms with Crippen LogP contribution in [0.25, 0.3) is 0 Å². The zero-order chi connectivity index (χ0) is 15.4. The number of methoxy groups -OCH3 is 1. The number of ether oxygens (including phenoxy) is 2. The molecule has 0 aliphatic carbocycles. The molecule has 0 bridgehead atoms. The molecule has 0 fully saturated rings. The predicted octanol–water partition coefficient (Wildman–Crippen LogP) is 4.29. The van der Waals surface area contributed by atoms with Crippen molar-refractivity contribution in [1.29, 1.82) is 0 Å². The Morgan fingerprint density at radius 2 is 1.90 bits per heavy atom. The predicted molar refractivity (Wildman–Crippen MR) is 84.1 cm³/mol. The highest BCUT2D eigenvalue weighted by molar-refractivity contribution is 6.30. The van der Waals surface area contributed by atoms with E-state index in [2.05, 4.69) is 0 Å². The fraction of sp³-hybridized carbons (Fsp3) is 0.294. The van der Waals surface area contributed by atoms with Crippen LogP contribution >= 0.6 is 11.6 Å². The Bertz CT molecular complexity index is 623. The van der Waals surface area contributed by atoms with Crippen LogP contribution in [0.1, 0.15) is 29.7 Å². The van der Waals surface area contributed by atoms with Crippen LogP contribution in [0.15, 0.2) is 36.4 Å². The van der Waals surface area contributed by atoms with Gasteiger partial charge in [0, 0.05) is 16.1 Å². The van der Waals surface area contributed by atoms with Gasteiger partial charge in [0.1, 0.15) is 18.1 Å². The van der Waals surface area contributed by atoms with Crippen molar-refractivity contribution in [3.8, 4) is 11.5 Å². The van der Waals surface area contributed by atoms with Crippen molar-refractivity contribution in [2.75, 3.05) is 7.11 Å². The SMILES string of the molecule is COc1ccc(Cl)cc1COc1cc(C)ccc1C(C)O. The van der Waals surface area contributed by atoms with Gasteiger partial charge in [0.05, 0.1) is 13.2 Å². The van der Waals surface area contributed by atoms with Gasteiger partial charge >= 0.3 is 0 Å². The van der Waals surface area contributed by atoms with Gasteiger partial charge in [0.15, 0.2) is 0 Å². The lowest BCUT2D eigenvalue weighted by Gasteiger charge is -2.15. The van der Waals surface area contributed by atoms with Crippen molar-refractivity contribution >= 4 is 11.6 Å². The van der Waals surface area contributed by atoms with Crippen LogP contribution < -0.4 is 9.47 Å². The normalized spacial score (nSPS) is 12.0. The first-order valence-corrected chi connectivity index (χ1v) is 7.13. The summed E-state index contributed by atoms with van der Waals surface area (Å²) >= 11 is 6.01. The molecule has 0 radical (unpaired) electrons. The van der Waals surface area contributed by atoms with Crippen LogP contribution in [-0.4, -0.2) is 12.2 Å². The second kappa shape index (κ2) is 6.83. The van der Waals surface area contributed by atoms with Crippen molar-refractivity contribution in [2.45, 2.75) is 26.6 Å². The number of aliphatic hydroxyl groups is 1. The lowest BCUT2D eigenvalue weighted by molar-refractivity contribution is 0.190. The third-order valence-electron chi connectivity index (χ3n) is 3.24. The lowest BCUT2D eigenvalue weighted by atomic mass is 10.1. The molecule has 0 aliphatic rings. The Balaban J connectivity index is 2.24. The molecule has 3 nitrogen and oxygen atoms in total. The van der Waals surface area contributed by atoms with Crippen LogP contribution in [0.3, 0.4) is 0 Å². The van der Waals surface area contributed by atoms with Gasteiger partial charge in [-0.3, -0.25) is 0 Å². The molecule has 1 unspecified atom stereocenters. The second-order valence-corrected chi connectivity index (χ2v) is 5.40. The molecule has 0 aromatic heterocycles. The Hall–Kier alpha value is -1.71. The summed E-state index contributed by atoms with van der Waals surface area (Å²) in [6.07, 6.45) is -0.582. The highest BCUT2D eigenvalue weighted by Gasteiger charge is 2.11. The van der Waals surface area contributed by atoms with E-state index in [1.165, 1.54) is 0 Å². The zero-order valence-corrected chi connectivity index (χ0v) is 13.1. The van der Waals surface area contributed by atoms with Gasteiger partial charge in [-0.1, -0.05) is 23.7 Å². The topological polar surface area (TPSA) is 38.7 Å². The first kappa shape index (κ1) is 15.7. The van der Waals surface area contributed by atoms with Gasteiger partial charge in [-0.25, -0.2) is 0 Å². The molecule has 4 heteroatoms. The standard InChI is InChI=1S/C17H19ClO3/c1-11-4-6-15(12(2)19)17(8-11)21-10-13-9-14(18)5-7-16(13)20-3/h4-9,12,19H,10H2,1-3H3. The van der Waals surface area contributed by atoms with Crippen LogP contribution in [0, 0.1) is 6.92 Å². The van der Waals surface area contributed by atoms with Gasteiger partial charge < -0.3 is 14.6 Å². The van der Waals surface area contributed by atoms with Crippen LogP contribution in [0.4, 0.5) is 0 Å². The summed E-state index contributed by atoms with van der Waals surface area (Å²) in [6, 6.07) is 11.2. The average molecular weight is 307 g/mol. The minimum absolute atomic E-state index is 0.326. The van der Waals surface area contributed by atoms with E-state index in [0.29, 0.717) is 17.4 Å². The van der Waals surface area contributed by atoms with E-state index in [9.17, 15) is 5.11 Å². The van der Waals surface area contributed by atoms with E-state index in [4.69, 9.17) is 21.1 Å². The van der Waals surface area contributed by atoms with Gasteiger partial charge in [-0.05, 0) is 43.7 Å². The molecule has 1 atom stereocenters. The zero-order valence-electron chi connectivity index (χ0n) is 12.4. The average Bonchev–Trinajstić information content (AvgIpc) is 2.45. The molecule has 0 heterocycles. The number of hydrogen-bond donors (Lipinski definition) is 1. The molecular formula is C17H19ClO3. The van der Waals surface area contributed by atoms with Gasteiger partial charge in [0.2, 0.25) is 0 Å². The number of aryl methyl sites for hydroxylation is 1. The molecule has 0 amide bonds. The van der Waals surface area contributed by atoms with E-state index in [1.807, 2.05) is 37.3 Å². The molecule has 21 heavy (non-hydrogen) atoms. The van der Waals surface area contributed by atoms with Crippen LogP contribution in [0.5, 0.6) is 11.5 Å². The van der Waals surface area contributed by atoms with E-state index in [1.54, 1.807) is 20.1 Å². The quantitative estimate of drug-likeness (QED) is 0.895. The smallest absolute Gasteiger partial charge is 0.125 e. The van der Waals surface area contributed by atoms with Gasteiger partial charge in [-0.15, -0.1) is 0 Å². The summed E-state index contributed by atoms with van der Waals surface area (Å²) in [5.74, 6) is 1.40. The molecule has 2 rings (SSSR count). The third kappa shape index (κ3) is 3.90. The summed E-state index contributed by atoms with van der Waals surface area (Å²) in [5.41, 5.74) is 2.71. The summed E-state index contributed by atoms with van der Waals surface area (Å²) < 4.78 is 11.2. The van der Waals surface area contributed by atoms with Crippen LogP contribution in [0.2, 0.25) is 5.02 Å². The van der Waals surface area contributed by atoms with Crippen molar-refractivity contribution < 1.29 is 14.6 Å². The summed E-state index contributed by atoms with van der Waals surface area (Å²) in [5, 5.41) is 10.4. The van der Waals surface area contributed by atoms with E-state index >= 15 is 0 Å². The number of aliphatic hydroxyl groups excluding tert-OH is 1. The molecule has 1 N–H and O–H groups in total. The monoisotopic (exact) mass is 306 g/mol. The molecule has 0 saturated heterocycles. The molecule has 2 aromatic carbocycles. The minimum Gasteiger partial charge on any atom is -0.496 e. The van der Waals surface area contributed by atoms with Crippen molar-refractivity contribution in [3.63, 3.8) is 0 Å². The maximum Gasteiger partial charge on any atom is 0.125 e. The van der Waals surface area contributed by atoms with E-state index in [0.717, 1.165) is 22.4 Å². The van der Waals surface area contributed by atoms with E-state index < -0.39 is 6.10 Å². The van der Waals surface area contributed by atoms with Crippen molar-refractivity contribution in [3.05, 3.63) is 58.1 Å². The highest BCUT2D eigenvalue weighted by Crippen LogP contribution is 2.29. The molecule has 0 aliphatic heterocycles. The largest absolute Gasteiger partial charge is 0.496 e. The fourth-order valence-corrected chi connectivity index (χ4v) is 2.32. The second-order valence-electron chi connectivity index (χ2n) is 4.96. The molecular weight excluding hydrogens is 288 g/mol. The van der Waals surface area contributed by atoms with Crippen LogP contribution in [-0.2, 0) is 6.61 Å². The number of hydrogen-bond acceptors (Lipinski definition) is 3. The number of benzene rings is 2. The number of halogens is 1. The van der Waals surface area contributed by atoms with Crippen molar-refractivity contribution in [1.82, 2.24) is 0 Å². The summed E-state index contributed by atoms with van der Waals surface area (Å²) in [7, 11) is 1.61. The highest BCUT2D eigenvalue weighted by atomic mass is 35.5. The Labute approximate surface area is 130 Å². The van der Waals surface area contributed by atoms with Crippen molar-refractivity contribution in [2.24, 2.45) is 0 Å². The fourth-order valence-electron chi connectivity index (χ4n) is 2.13. The van der Waals surface area contributed by atoms with E-state index in [-0.39, 0.29) is 0 Å². The van der Waals surface area contributed by atoms with Gasteiger partial charge in [-0.2, -0.15) is 0 Å². The third-order valence-corrected chi connectivity index (χ3v) is 3.48. The van der Waals surface area contributed by atoms with Gasteiger partial charge in [0.25, 0.3) is 0 Å². The maximum atomic E-state index is 9.81. The molecule has 0 saturated carbocycles.